The number of ether oxygens (including phenoxy) is 3. The molecule has 0 saturated heterocycles. The van der Waals surface area contributed by atoms with Gasteiger partial charge < -0.3 is 18.8 Å². The number of carbonyl (C=O) groups is 3. The maximum absolute atomic E-state index is 13.4. The average Bonchev–Trinajstić information content (AvgIpc) is 3.50. The smallest absolute Gasteiger partial charge is 0.367 e. The van der Waals surface area contributed by atoms with Crippen molar-refractivity contribution in [3.8, 4) is 11.5 Å². The van der Waals surface area contributed by atoms with E-state index in [9.17, 15) is 46.2 Å². The second kappa shape index (κ2) is 11.2. The zero-order valence-corrected chi connectivity index (χ0v) is 22.9. The lowest BCUT2D eigenvalue weighted by Gasteiger charge is -2.19. The summed E-state index contributed by atoms with van der Waals surface area (Å²) < 4.78 is 74.1. The first-order chi connectivity index (χ1) is 18.7. The van der Waals surface area contributed by atoms with Gasteiger partial charge in [0.2, 0.25) is 0 Å². The predicted molar refractivity (Wildman–Crippen MR) is 137 cm³/mol. The van der Waals surface area contributed by atoms with Crippen LogP contribution in [0.5, 0.6) is 11.5 Å². The predicted octanol–water partition coefficient (Wildman–Crippen LogP) is 3.83. The van der Waals surface area contributed by atoms with E-state index in [1.165, 1.54) is 18.2 Å². The third-order valence-electron chi connectivity index (χ3n) is 6.29. The number of hydrogen-bond donors (Lipinski definition) is 0. The van der Waals surface area contributed by atoms with Gasteiger partial charge in [0, 0.05) is 15.7 Å². The molecule has 0 amide bonds. The normalized spacial score (nSPS) is 19.8. The molecule has 0 radical (unpaired) electrons. The van der Waals surface area contributed by atoms with Crippen molar-refractivity contribution in [2.45, 2.75) is 18.1 Å². The minimum Gasteiger partial charge on any atom is -0.743 e. The van der Waals surface area contributed by atoms with Crippen LogP contribution in [0, 0.1) is 31.4 Å². The van der Waals surface area contributed by atoms with Gasteiger partial charge in [-0.3, -0.25) is 14.9 Å². The molecule has 0 spiro atoms. The molecule has 12 nitrogen and oxygen atoms in total. The van der Waals surface area contributed by atoms with Gasteiger partial charge in [0.1, 0.15) is 22.6 Å². The zero-order valence-electron chi connectivity index (χ0n) is 20.0. The number of alkyl halides is 2. The number of esters is 3. The van der Waals surface area contributed by atoms with Gasteiger partial charge in [-0.2, -0.15) is 8.78 Å². The third-order valence-corrected chi connectivity index (χ3v) is 7.81. The minimum absolute atomic E-state index is 0.0441. The van der Waals surface area contributed by atoms with Crippen molar-refractivity contribution in [2.75, 3.05) is 6.61 Å². The van der Waals surface area contributed by atoms with Crippen molar-refractivity contribution in [2.24, 2.45) is 17.8 Å². The monoisotopic (exact) mass is 692 g/mol. The highest BCUT2D eigenvalue weighted by atomic mass is 127. The lowest BCUT2D eigenvalue weighted by molar-refractivity contribution is -0.385. The molecule has 2 bridgehead atoms. The number of nitro groups is 1. The molecule has 4 rings (SSSR count). The van der Waals surface area contributed by atoms with Crippen molar-refractivity contribution < 1.29 is 55.3 Å². The Kier molecular flexibility index (Phi) is 8.23. The Morgan fingerprint density at radius 1 is 1.02 bits per heavy atom. The summed E-state index contributed by atoms with van der Waals surface area (Å²) >= 11 is 1.94. The van der Waals surface area contributed by atoms with Crippen molar-refractivity contribution >= 4 is 56.3 Å². The first kappa shape index (κ1) is 29.5. The Labute approximate surface area is 238 Å². The Bertz CT molecular complexity index is 1540. The van der Waals surface area contributed by atoms with Gasteiger partial charge in [0.15, 0.2) is 16.7 Å². The molecule has 1 fully saturated rings. The fourth-order valence-corrected chi connectivity index (χ4v) is 5.01. The summed E-state index contributed by atoms with van der Waals surface area (Å²) in [4.78, 5) is 48.3. The number of allylic oxidation sites excluding steroid dienone is 2. The number of fused-ring (bicyclic) bond motifs is 2. The van der Waals surface area contributed by atoms with Crippen LogP contribution in [-0.4, -0.2) is 47.7 Å². The van der Waals surface area contributed by atoms with Crippen molar-refractivity contribution in [3.05, 3.63) is 73.4 Å². The molecule has 2 aliphatic rings. The Morgan fingerprint density at radius 2 is 1.75 bits per heavy atom. The largest absolute Gasteiger partial charge is 0.743 e. The fraction of sp³-hybridized carbons (Fsp3) is 0.292. The van der Waals surface area contributed by atoms with Gasteiger partial charge in [-0.15, -0.1) is 0 Å². The van der Waals surface area contributed by atoms with Crippen molar-refractivity contribution in [1.82, 2.24) is 0 Å². The van der Waals surface area contributed by atoms with E-state index in [4.69, 9.17) is 9.47 Å². The highest BCUT2D eigenvalue weighted by Gasteiger charge is 2.42. The summed E-state index contributed by atoms with van der Waals surface area (Å²) in [6.07, 6.45) is 5.48. The van der Waals surface area contributed by atoms with E-state index < -0.39 is 61.8 Å². The molecule has 212 valence electrons. The summed E-state index contributed by atoms with van der Waals surface area (Å²) in [5.74, 6) is -3.98. The molecule has 3 unspecified atom stereocenters. The lowest BCUT2D eigenvalue weighted by Crippen LogP contribution is -2.34. The molecule has 0 N–H and O–H groups in total. The summed E-state index contributed by atoms with van der Waals surface area (Å²) in [5.41, 5.74) is -2.09. The zero-order chi connectivity index (χ0) is 29.4. The van der Waals surface area contributed by atoms with Gasteiger partial charge in [-0.25, -0.2) is 18.0 Å². The Hall–Kier alpha value is -3.51. The molecular formula is C24H17F2INO11S-. The number of nitro benzene ring substituents is 1. The maximum atomic E-state index is 13.4. The topological polar surface area (TPSA) is 179 Å². The maximum Gasteiger partial charge on any atom is 0.367 e. The van der Waals surface area contributed by atoms with E-state index in [0.717, 1.165) is 18.6 Å². The molecule has 2 aliphatic carbocycles. The van der Waals surface area contributed by atoms with Gasteiger partial charge >= 0.3 is 23.2 Å². The summed E-state index contributed by atoms with van der Waals surface area (Å²) in [6.45, 7) is -2.20. The Balaban J connectivity index is 1.54. The van der Waals surface area contributed by atoms with Gasteiger partial charge in [0.05, 0.1) is 10.8 Å². The van der Waals surface area contributed by atoms with E-state index in [0.29, 0.717) is 22.0 Å². The van der Waals surface area contributed by atoms with Crippen LogP contribution >= 0.6 is 22.6 Å². The first-order valence-electron chi connectivity index (χ1n) is 11.4. The minimum atomic E-state index is -6.19. The second-order valence-corrected chi connectivity index (χ2v) is 11.7. The van der Waals surface area contributed by atoms with E-state index in [2.05, 4.69) is 4.74 Å². The number of benzene rings is 2. The van der Waals surface area contributed by atoms with E-state index in [-0.39, 0.29) is 23.1 Å². The summed E-state index contributed by atoms with van der Waals surface area (Å²) in [5, 5.41) is 6.33. The quantitative estimate of drug-likeness (QED) is 0.0709. The van der Waals surface area contributed by atoms with Gasteiger partial charge in [-0.1, -0.05) is 12.2 Å². The van der Waals surface area contributed by atoms with Gasteiger partial charge in [-0.05, 0) is 71.5 Å². The van der Waals surface area contributed by atoms with Crippen molar-refractivity contribution in [1.29, 1.82) is 0 Å². The molecule has 40 heavy (non-hydrogen) atoms. The number of hydrogen-bond acceptors (Lipinski definition) is 11. The molecule has 0 heterocycles. The molecule has 0 aliphatic heterocycles. The standard InChI is InChI=1S/C24H18F2INO11S/c25-24(26,40(34,35)36)11-37-21(29)18-10-15(4-6-19(18)28(32)33)38-22(30)16-5-3-14(27)9-20(16)39-23(31)17-8-12-1-2-13(17)7-12/h1-6,9-10,12-13,17H,7-8,11H2,(H,34,35,36)/p-1. The SMILES string of the molecule is O=C(Oc1ccc([N+](=O)[O-])c(C(=O)OCC(F)(F)S(=O)(=O)[O-])c1)c1ccc(I)cc1OC(=O)C1CC2C=CC1C2. The first-order valence-corrected chi connectivity index (χ1v) is 13.9. The van der Waals surface area contributed by atoms with Crippen LogP contribution in [0.25, 0.3) is 0 Å². The van der Waals surface area contributed by atoms with E-state index >= 15 is 0 Å². The molecule has 0 aromatic heterocycles. The van der Waals surface area contributed by atoms with Crippen molar-refractivity contribution in [3.63, 3.8) is 0 Å². The van der Waals surface area contributed by atoms with Crippen LogP contribution in [0.2, 0.25) is 0 Å². The van der Waals surface area contributed by atoms with Crippen LogP contribution in [-0.2, 0) is 19.6 Å². The third kappa shape index (κ3) is 6.28. The number of nitrogens with zero attached hydrogens (tertiary/aromatic N) is 1. The summed E-state index contributed by atoms with van der Waals surface area (Å²) in [6, 6.07) is 6.57. The fourth-order valence-electron chi connectivity index (χ4n) is 4.35. The average molecular weight is 692 g/mol. The molecule has 2 aromatic rings. The molecule has 3 atom stereocenters. The van der Waals surface area contributed by atoms with Crippen LogP contribution < -0.4 is 9.47 Å². The number of carbonyl (C=O) groups excluding carboxylic acids is 3. The summed E-state index contributed by atoms with van der Waals surface area (Å²) in [7, 11) is -6.19. The Morgan fingerprint density at radius 3 is 2.35 bits per heavy atom. The van der Waals surface area contributed by atoms with Crippen LogP contribution in [0.15, 0.2) is 48.6 Å². The van der Waals surface area contributed by atoms with Crippen LogP contribution in [0.3, 0.4) is 0 Å². The number of halogens is 3. The molecular weight excluding hydrogens is 675 g/mol. The highest BCUT2D eigenvalue weighted by molar-refractivity contribution is 14.1. The molecule has 1 saturated carbocycles. The van der Waals surface area contributed by atoms with Crippen LogP contribution in [0.4, 0.5) is 14.5 Å². The number of rotatable bonds is 9. The van der Waals surface area contributed by atoms with E-state index in [1.807, 2.05) is 34.7 Å². The van der Waals surface area contributed by atoms with E-state index in [1.54, 1.807) is 0 Å². The lowest BCUT2D eigenvalue weighted by atomic mass is 9.94. The van der Waals surface area contributed by atoms with Gasteiger partial charge in [0.25, 0.3) is 5.69 Å². The van der Waals surface area contributed by atoms with Crippen LogP contribution in [0.1, 0.15) is 33.6 Å². The molecule has 16 heteroatoms. The molecule has 2 aromatic carbocycles. The highest BCUT2D eigenvalue weighted by Crippen LogP contribution is 2.44. The second-order valence-electron chi connectivity index (χ2n) is 8.94.